The van der Waals surface area contributed by atoms with Gasteiger partial charge in [-0.1, -0.05) is 33.1 Å². The van der Waals surface area contributed by atoms with E-state index in [2.05, 4.69) is 10.6 Å². The van der Waals surface area contributed by atoms with Gasteiger partial charge in [-0.15, -0.1) is 0 Å². The Balaban J connectivity index is 2.28. The van der Waals surface area contributed by atoms with Gasteiger partial charge >= 0.3 is 0 Å². The number of nitrogens with one attached hydrogen (secondary N) is 2. The maximum absolute atomic E-state index is 11.7. The molecular weight excluding hydrogens is 230 g/mol. The Bertz CT molecular complexity index is 286. The van der Waals surface area contributed by atoms with Gasteiger partial charge in [-0.05, 0) is 18.8 Å². The van der Waals surface area contributed by atoms with E-state index >= 15 is 0 Å². The molecule has 1 atom stereocenters. The van der Waals surface area contributed by atoms with Crippen LogP contribution in [0.2, 0.25) is 0 Å². The average molecular weight is 255 g/mol. The molecule has 1 aliphatic rings. The van der Waals surface area contributed by atoms with E-state index in [-0.39, 0.29) is 18.4 Å². The summed E-state index contributed by atoms with van der Waals surface area (Å²) < 4.78 is 0. The van der Waals surface area contributed by atoms with Crippen molar-refractivity contribution in [2.24, 2.45) is 11.7 Å². The first-order chi connectivity index (χ1) is 8.50. The van der Waals surface area contributed by atoms with Crippen LogP contribution in [0.4, 0.5) is 0 Å². The molecule has 0 spiro atoms. The lowest BCUT2D eigenvalue weighted by Gasteiger charge is -2.24. The highest BCUT2D eigenvalue weighted by molar-refractivity contribution is 5.82. The van der Waals surface area contributed by atoms with E-state index in [9.17, 15) is 9.59 Å². The third-order valence-corrected chi connectivity index (χ3v) is 3.43. The van der Waals surface area contributed by atoms with Gasteiger partial charge in [0.05, 0.1) is 12.6 Å². The van der Waals surface area contributed by atoms with Crippen LogP contribution >= 0.6 is 0 Å². The Morgan fingerprint density at radius 1 is 1.22 bits per heavy atom. The van der Waals surface area contributed by atoms with Crippen molar-refractivity contribution in [1.29, 1.82) is 0 Å². The molecule has 0 aromatic rings. The van der Waals surface area contributed by atoms with E-state index in [0.29, 0.717) is 6.04 Å². The second-order valence-corrected chi connectivity index (χ2v) is 5.41. The molecule has 0 saturated heterocycles. The minimum Gasteiger partial charge on any atom is -0.368 e. The van der Waals surface area contributed by atoms with Crippen LogP contribution in [0.1, 0.15) is 46.0 Å². The number of nitrogens with two attached hydrogens (primary N) is 1. The van der Waals surface area contributed by atoms with Gasteiger partial charge in [0.15, 0.2) is 0 Å². The van der Waals surface area contributed by atoms with Gasteiger partial charge in [-0.3, -0.25) is 14.9 Å². The lowest BCUT2D eigenvalue weighted by atomic mass is 9.95. The van der Waals surface area contributed by atoms with Gasteiger partial charge in [0, 0.05) is 6.04 Å². The van der Waals surface area contributed by atoms with E-state index < -0.39 is 11.9 Å². The topological polar surface area (TPSA) is 84.2 Å². The van der Waals surface area contributed by atoms with Crippen LogP contribution in [0.15, 0.2) is 0 Å². The molecule has 0 aromatic carbocycles. The molecule has 5 heteroatoms. The second-order valence-electron chi connectivity index (χ2n) is 5.41. The smallest absolute Gasteiger partial charge is 0.234 e. The molecule has 104 valence electrons. The maximum atomic E-state index is 11.7. The molecule has 1 saturated carbocycles. The zero-order valence-electron chi connectivity index (χ0n) is 11.4. The summed E-state index contributed by atoms with van der Waals surface area (Å²) in [6, 6.07) is -0.138. The zero-order valence-corrected chi connectivity index (χ0v) is 11.4. The molecule has 0 aromatic heterocycles. The quantitative estimate of drug-likeness (QED) is 0.647. The lowest BCUT2D eigenvalue weighted by Crippen LogP contribution is -2.50. The lowest BCUT2D eigenvalue weighted by molar-refractivity contribution is -0.122. The third kappa shape index (κ3) is 5.04. The van der Waals surface area contributed by atoms with Crippen molar-refractivity contribution in [2.75, 3.05) is 6.54 Å². The largest absolute Gasteiger partial charge is 0.368 e. The van der Waals surface area contributed by atoms with E-state index in [1.54, 1.807) is 0 Å². The number of hydrogen-bond donors (Lipinski definition) is 3. The van der Waals surface area contributed by atoms with Crippen LogP contribution in [0.25, 0.3) is 0 Å². The zero-order chi connectivity index (χ0) is 13.5. The molecule has 1 fully saturated rings. The van der Waals surface area contributed by atoms with E-state index in [1.807, 2.05) is 13.8 Å². The molecule has 2 amide bonds. The molecular formula is C13H25N3O2. The molecule has 0 radical (unpaired) electrons. The summed E-state index contributed by atoms with van der Waals surface area (Å²) in [6.07, 6.45) is 5.77. The molecule has 0 heterocycles. The van der Waals surface area contributed by atoms with Gasteiger partial charge in [0.1, 0.15) is 0 Å². The van der Waals surface area contributed by atoms with Crippen LogP contribution in [-0.4, -0.2) is 30.4 Å². The Morgan fingerprint density at radius 3 is 2.33 bits per heavy atom. The number of primary amides is 1. The summed E-state index contributed by atoms with van der Waals surface area (Å²) in [7, 11) is 0. The standard InChI is InChI=1S/C13H25N3O2/c1-9(2)12(13(14)18)15-8-11(17)16-10-6-4-3-5-7-10/h9-10,12,15H,3-8H2,1-2H3,(H2,14,18)(H,16,17). The van der Waals surface area contributed by atoms with Crippen molar-refractivity contribution in [3.8, 4) is 0 Å². The summed E-state index contributed by atoms with van der Waals surface area (Å²) in [5.41, 5.74) is 5.27. The Kier molecular flexibility index (Phi) is 6.12. The average Bonchev–Trinajstić information content (AvgIpc) is 2.29. The van der Waals surface area contributed by atoms with Crippen LogP contribution < -0.4 is 16.4 Å². The normalized spacial score (nSPS) is 18.6. The molecule has 5 nitrogen and oxygen atoms in total. The van der Waals surface area contributed by atoms with Gasteiger partial charge < -0.3 is 11.1 Å². The third-order valence-electron chi connectivity index (χ3n) is 3.43. The molecule has 1 unspecified atom stereocenters. The second kappa shape index (κ2) is 7.36. The van der Waals surface area contributed by atoms with Gasteiger partial charge in [0.2, 0.25) is 11.8 Å². The van der Waals surface area contributed by atoms with Crippen LogP contribution in [-0.2, 0) is 9.59 Å². The number of hydrogen-bond acceptors (Lipinski definition) is 3. The first-order valence-corrected chi connectivity index (χ1v) is 6.82. The van der Waals surface area contributed by atoms with Crippen LogP contribution in [0.3, 0.4) is 0 Å². The first kappa shape index (κ1) is 15.0. The molecule has 0 aliphatic heterocycles. The fourth-order valence-corrected chi connectivity index (χ4v) is 2.39. The number of rotatable bonds is 6. The number of amides is 2. The SMILES string of the molecule is CC(C)C(NCC(=O)NC1CCCCC1)C(N)=O. The maximum Gasteiger partial charge on any atom is 0.234 e. The summed E-state index contributed by atoms with van der Waals surface area (Å²) >= 11 is 0. The van der Waals surface area contributed by atoms with Crippen molar-refractivity contribution in [3.63, 3.8) is 0 Å². The predicted octanol–water partition coefficient (Wildman–Crippen LogP) is 0.535. The van der Waals surface area contributed by atoms with E-state index in [1.165, 1.54) is 19.3 Å². The highest BCUT2D eigenvalue weighted by atomic mass is 16.2. The summed E-state index contributed by atoms with van der Waals surface area (Å²) in [6.45, 7) is 3.96. The van der Waals surface area contributed by atoms with Gasteiger partial charge in [-0.25, -0.2) is 0 Å². The highest BCUT2D eigenvalue weighted by Gasteiger charge is 2.21. The number of carbonyl (C=O) groups excluding carboxylic acids is 2. The molecule has 18 heavy (non-hydrogen) atoms. The Hall–Kier alpha value is -1.10. The number of carbonyl (C=O) groups is 2. The van der Waals surface area contributed by atoms with Gasteiger partial charge in [0.25, 0.3) is 0 Å². The molecule has 1 rings (SSSR count). The van der Waals surface area contributed by atoms with Crippen molar-refractivity contribution < 1.29 is 9.59 Å². The van der Waals surface area contributed by atoms with Crippen molar-refractivity contribution >= 4 is 11.8 Å². The van der Waals surface area contributed by atoms with E-state index in [0.717, 1.165) is 12.8 Å². The summed E-state index contributed by atoms with van der Waals surface area (Å²) in [5, 5.41) is 5.92. The monoisotopic (exact) mass is 255 g/mol. The summed E-state index contributed by atoms with van der Waals surface area (Å²) in [5.74, 6) is -0.366. The first-order valence-electron chi connectivity index (χ1n) is 6.82. The molecule has 0 bridgehead atoms. The summed E-state index contributed by atoms with van der Waals surface area (Å²) in [4.78, 5) is 22.9. The van der Waals surface area contributed by atoms with Crippen molar-refractivity contribution in [2.45, 2.75) is 58.0 Å². The highest BCUT2D eigenvalue weighted by Crippen LogP contribution is 2.17. The molecule has 1 aliphatic carbocycles. The van der Waals surface area contributed by atoms with E-state index in [4.69, 9.17) is 5.73 Å². The minimum absolute atomic E-state index is 0.0474. The molecule has 4 N–H and O–H groups in total. The van der Waals surface area contributed by atoms with Crippen molar-refractivity contribution in [1.82, 2.24) is 10.6 Å². The Morgan fingerprint density at radius 2 is 1.83 bits per heavy atom. The predicted molar refractivity (Wildman–Crippen MR) is 70.8 cm³/mol. The Labute approximate surface area is 109 Å². The minimum atomic E-state index is -0.442. The fourth-order valence-electron chi connectivity index (χ4n) is 2.39. The fraction of sp³-hybridized carbons (Fsp3) is 0.846. The van der Waals surface area contributed by atoms with Gasteiger partial charge in [-0.2, -0.15) is 0 Å². The van der Waals surface area contributed by atoms with Crippen molar-refractivity contribution in [3.05, 3.63) is 0 Å². The van der Waals surface area contributed by atoms with Crippen LogP contribution in [0.5, 0.6) is 0 Å². The van der Waals surface area contributed by atoms with Crippen LogP contribution in [0, 0.1) is 5.92 Å².